The second-order valence-electron chi connectivity index (χ2n) is 8.09. The number of benzene rings is 3. The van der Waals surface area contributed by atoms with Gasteiger partial charge in [0.1, 0.15) is 0 Å². The summed E-state index contributed by atoms with van der Waals surface area (Å²) in [5, 5.41) is 1.20. The van der Waals surface area contributed by atoms with Crippen LogP contribution in [0.2, 0.25) is 0 Å². The predicted octanol–water partition coefficient (Wildman–Crippen LogP) is 5.18. The molecule has 0 radical (unpaired) electrons. The first-order valence-electron chi connectivity index (χ1n) is 10.3. The number of rotatable bonds is 2. The number of thiocarbonyl (C=S) groups is 1. The van der Waals surface area contributed by atoms with Crippen LogP contribution in [0.1, 0.15) is 34.3 Å². The number of Topliss-reactive ketones (excluding diaryl/α,β-unsaturated/α-hetero) is 1. The monoisotopic (exact) mass is 408 g/mol. The molecule has 1 saturated heterocycles. The van der Waals surface area contributed by atoms with Crippen LogP contribution in [0.5, 0.6) is 0 Å². The molecule has 0 bridgehead atoms. The maximum absolute atomic E-state index is 13.7. The van der Waals surface area contributed by atoms with Gasteiger partial charge in [0, 0.05) is 23.0 Å². The van der Waals surface area contributed by atoms with Crippen molar-refractivity contribution in [1.82, 2.24) is 9.88 Å². The molecule has 3 unspecified atom stereocenters. The van der Waals surface area contributed by atoms with Crippen LogP contribution in [0.3, 0.4) is 0 Å². The first-order chi connectivity index (χ1) is 14.7. The van der Waals surface area contributed by atoms with Gasteiger partial charge in [-0.05, 0) is 22.8 Å². The highest BCUT2D eigenvalue weighted by Gasteiger charge is 2.51. The fourth-order valence-corrected chi connectivity index (χ4v) is 5.67. The SMILES string of the molecule is O=C1C(c2ccccc2)C(=S)N2C1Cc1c([nH]c3ccccc13)C2c1ccccc1. The first kappa shape index (κ1) is 17.6. The molecule has 3 heterocycles. The molecule has 3 aromatic carbocycles. The van der Waals surface area contributed by atoms with E-state index in [-0.39, 0.29) is 23.8 Å². The van der Waals surface area contributed by atoms with Crippen LogP contribution < -0.4 is 0 Å². The highest BCUT2D eigenvalue weighted by atomic mass is 32.1. The van der Waals surface area contributed by atoms with Crippen molar-refractivity contribution in [2.24, 2.45) is 0 Å². The number of carbonyl (C=O) groups excluding carboxylic acids is 1. The first-order valence-corrected chi connectivity index (χ1v) is 10.7. The molecule has 1 aromatic heterocycles. The van der Waals surface area contributed by atoms with Crippen LogP contribution in [-0.4, -0.2) is 26.7 Å². The van der Waals surface area contributed by atoms with Crippen molar-refractivity contribution >= 4 is 33.9 Å². The summed E-state index contributed by atoms with van der Waals surface area (Å²) in [5.41, 5.74) is 5.65. The van der Waals surface area contributed by atoms with E-state index in [4.69, 9.17) is 12.2 Å². The van der Waals surface area contributed by atoms with Crippen LogP contribution in [0.25, 0.3) is 10.9 Å². The van der Waals surface area contributed by atoms with E-state index in [2.05, 4.69) is 52.3 Å². The molecule has 6 rings (SSSR count). The van der Waals surface area contributed by atoms with Crippen molar-refractivity contribution in [2.45, 2.75) is 24.4 Å². The summed E-state index contributed by atoms with van der Waals surface area (Å²) < 4.78 is 0. The van der Waals surface area contributed by atoms with E-state index in [9.17, 15) is 4.79 Å². The largest absolute Gasteiger partial charge is 0.356 e. The smallest absolute Gasteiger partial charge is 0.169 e. The molecule has 0 spiro atoms. The van der Waals surface area contributed by atoms with E-state index in [0.717, 1.165) is 27.3 Å². The van der Waals surface area contributed by atoms with Crippen LogP contribution >= 0.6 is 12.2 Å². The summed E-state index contributed by atoms with van der Waals surface area (Å²) in [6.07, 6.45) is 0.686. The minimum atomic E-state index is -0.354. The number of nitrogens with one attached hydrogen (secondary N) is 1. The predicted molar refractivity (Wildman–Crippen MR) is 123 cm³/mol. The summed E-state index contributed by atoms with van der Waals surface area (Å²) in [6, 6.07) is 28.4. The van der Waals surface area contributed by atoms with Gasteiger partial charge in [-0.3, -0.25) is 4.79 Å². The zero-order chi connectivity index (χ0) is 20.2. The molecule has 3 atom stereocenters. The Morgan fingerprint density at radius 2 is 1.47 bits per heavy atom. The molecule has 2 aliphatic rings. The molecular formula is C26H20N2OS. The van der Waals surface area contributed by atoms with Crippen molar-refractivity contribution in [3.63, 3.8) is 0 Å². The highest BCUT2D eigenvalue weighted by Crippen LogP contribution is 2.47. The molecule has 1 N–H and O–H groups in total. The number of fused-ring (bicyclic) bond motifs is 4. The van der Waals surface area contributed by atoms with Gasteiger partial charge < -0.3 is 9.88 Å². The van der Waals surface area contributed by atoms with E-state index in [1.165, 1.54) is 10.9 Å². The van der Waals surface area contributed by atoms with E-state index in [1.807, 2.05) is 42.5 Å². The summed E-state index contributed by atoms with van der Waals surface area (Å²) in [7, 11) is 0. The van der Waals surface area contributed by atoms with Gasteiger partial charge in [-0.2, -0.15) is 0 Å². The number of hydrogen-bond acceptors (Lipinski definition) is 2. The summed E-state index contributed by atoms with van der Waals surface area (Å²) in [6.45, 7) is 0. The van der Waals surface area contributed by atoms with Crippen LogP contribution in [0.15, 0.2) is 84.9 Å². The number of hydrogen-bond donors (Lipinski definition) is 1. The Morgan fingerprint density at radius 3 is 2.20 bits per heavy atom. The van der Waals surface area contributed by atoms with E-state index in [0.29, 0.717) is 6.42 Å². The van der Waals surface area contributed by atoms with Gasteiger partial charge in [-0.1, -0.05) is 91.1 Å². The number of aromatic amines is 1. The Kier molecular flexibility index (Phi) is 3.90. The lowest BCUT2D eigenvalue weighted by atomic mass is 9.87. The van der Waals surface area contributed by atoms with Gasteiger partial charge in [-0.15, -0.1) is 0 Å². The van der Waals surface area contributed by atoms with Crippen molar-refractivity contribution in [2.75, 3.05) is 0 Å². The number of para-hydroxylation sites is 1. The molecule has 0 saturated carbocycles. The van der Waals surface area contributed by atoms with Gasteiger partial charge >= 0.3 is 0 Å². The number of H-pyrrole nitrogens is 1. The Bertz CT molecular complexity index is 1280. The zero-order valence-electron chi connectivity index (χ0n) is 16.3. The summed E-state index contributed by atoms with van der Waals surface area (Å²) in [5.74, 6) is -0.143. The van der Waals surface area contributed by atoms with Gasteiger partial charge in [0.2, 0.25) is 0 Å². The topological polar surface area (TPSA) is 36.1 Å². The van der Waals surface area contributed by atoms with Gasteiger partial charge in [0.05, 0.1) is 23.0 Å². The molecule has 4 aromatic rings. The second-order valence-corrected chi connectivity index (χ2v) is 8.51. The maximum atomic E-state index is 13.7. The van der Waals surface area contributed by atoms with Crippen molar-refractivity contribution in [3.05, 3.63) is 107 Å². The molecule has 146 valence electrons. The van der Waals surface area contributed by atoms with Crippen LogP contribution in [-0.2, 0) is 11.2 Å². The third-order valence-corrected chi connectivity index (χ3v) is 6.94. The zero-order valence-corrected chi connectivity index (χ0v) is 17.1. The van der Waals surface area contributed by atoms with Crippen molar-refractivity contribution < 1.29 is 4.79 Å². The quantitative estimate of drug-likeness (QED) is 0.465. The van der Waals surface area contributed by atoms with E-state index >= 15 is 0 Å². The number of carbonyl (C=O) groups is 1. The molecular weight excluding hydrogens is 388 g/mol. The Balaban J connectivity index is 1.56. The summed E-state index contributed by atoms with van der Waals surface area (Å²) >= 11 is 5.98. The molecule has 4 heteroatoms. The highest BCUT2D eigenvalue weighted by molar-refractivity contribution is 7.80. The van der Waals surface area contributed by atoms with Gasteiger partial charge in [0.15, 0.2) is 5.78 Å². The van der Waals surface area contributed by atoms with Crippen molar-refractivity contribution in [3.8, 4) is 0 Å². The fourth-order valence-electron chi connectivity index (χ4n) is 5.18. The molecule has 0 amide bonds. The summed E-state index contributed by atoms with van der Waals surface area (Å²) in [4.78, 5) is 20.2. The Morgan fingerprint density at radius 1 is 0.833 bits per heavy atom. The molecule has 30 heavy (non-hydrogen) atoms. The fraction of sp³-hybridized carbons (Fsp3) is 0.154. The average molecular weight is 409 g/mol. The van der Waals surface area contributed by atoms with Crippen molar-refractivity contribution in [1.29, 1.82) is 0 Å². The second kappa shape index (κ2) is 6.64. The molecule has 2 aliphatic heterocycles. The lowest BCUT2D eigenvalue weighted by Gasteiger charge is -2.38. The standard InChI is InChI=1S/C26H20N2OS/c29-25-21-15-19-18-13-7-8-14-20(18)27-23(19)24(17-11-5-2-6-12-17)28(21)26(30)22(25)16-9-3-1-4-10-16/h1-14,21-22,24,27H,15H2. The molecule has 0 aliphatic carbocycles. The number of ketones is 1. The molecule has 1 fully saturated rings. The maximum Gasteiger partial charge on any atom is 0.169 e. The number of aromatic nitrogens is 1. The Labute approximate surface area is 180 Å². The molecule has 3 nitrogen and oxygen atoms in total. The van der Waals surface area contributed by atoms with E-state index in [1.54, 1.807) is 0 Å². The average Bonchev–Trinajstić information content (AvgIpc) is 3.28. The van der Waals surface area contributed by atoms with Crippen LogP contribution in [0.4, 0.5) is 0 Å². The normalized spacial score (nSPS) is 22.9. The van der Waals surface area contributed by atoms with Gasteiger partial charge in [-0.25, -0.2) is 0 Å². The van der Waals surface area contributed by atoms with Gasteiger partial charge in [0.25, 0.3) is 0 Å². The third-order valence-electron chi connectivity index (χ3n) is 6.49. The minimum Gasteiger partial charge on any atom is -0.356 e. The minimum absolute atomic E-state index is 0.0856. The van der Waals surface area contributed by atoms with Crippen LogP contribution in [0, 0.1) is 0 Å². The van der Waals surface area contributed by atoms with E-state index < -0.39 is 0 Å². The third kappa shape index (κ3) is 2.44. The lowest BCUT2D eigenvalue weighted by molar-refractivity contribution is -0.121. The number of nitrogens with zero attached hydrogens (tertiary/aromatic N) is 1. The Hall–Kier alpha value is -3.24. The lowest BCUT2D eigenvalue weighted by Crippen LogP contribution is -2.43.